The van der Waals surface area contributed by atoms with E-state index >= 15 is 0 Å². The van der Waals surface area contributed by atoms with Crippen LogP contribution in [0.15, 0.2) is 41.5 Å². The lowest BCUT2D eigenvalue weighted by Crippen LogP contribution is -2.23. The van der Waals surface area contributed by atoms with Crippen molar-refractivity contribution in [3.8, 4) is 16.9 Å². The molecule has 0 fully saturated rings. The van der Waals surface area contributed by atoms with Crippen molar-refractivity contribution in [2.45, 2.75) is 19.1 Å². The molecule has 4 rings (SSSR count). The van der Waals surface area contributed by atoms with Gasteiger partial charge in [0.25, 0.3) is 5.56 Å². The fraction of sp³-hybridized carbons (Fsp3) is 0.250. The van der Waals surface area contributed by atoms with Crippen LogP contribution in [0.25, 0.3) is 11.1 Å². The van der Waals surface area contributed by atoms with Crippen molar-refractivity contribution in [3.63, 3.8) is 0 Å². The van der Waals surface area contributed by atoms with Gasteiger partial charge in [0.2, 0.25) is 5.95 Å². The molecule has 0 radical (unpaired) electrons. The minimum absolute atomic E-state index is 0.0971. The number of benzene rings is 1. The summed E-state index contributed by atoms with van der Waals surface area (Å²) in [6, 6.07) is 4.89. The fourth-order valence-electron chi connectivity index (χ4n) is 3.30. The standard InChI is InChI=1S/C20H16F4N4O2/c1-28-18(29)13(11-2-5-17(25-8-11)20(22,23)24)9-26-19(28)27-10-14-12-6-7-30-16(12)4-3-15(14)21/h2-5,8-9H,6-7,10H2,1H3,(H,26,27). The van der Waals surface area contributed by atoms with Crippen LogP contribution in [0.5, 0.6) is 5.75 Å². The van der Waals surface area contributed by atoms with Crippen LogP contribution in [0.3, 0.4) is 0 Å². The highest BCUT2D eigenvalue weighted by Crippen LogP contribution is 2.31. The number of hydrogen-bond acceptors (Lipinski definition) is 5. The summed E-state index contributed by atoms with van der Waals surface area (Å²) >= 11 is 0. The van der Waals surface area contributed by atoms with E-state index in [1.54, 1.807) is 6.07 Å². The Morgan fingerprint density at radius 2 is 1.97 bits per heavy atom. The molecular weight excluding hydrogens is 404 g/mol. The first-order chi connectivity index (χ1) is 14.3. The van der Waals surface area contributed by atoms with Crippen molar-refractivity contribution < 1.29 is 22.3 Å². The van der Waals surface area contributed by atoms with Crippen LogP contribution >= 0.6 is 0 Å². The zero-order valence-corrected chi connectivity index (χ0v) is 15.8. The normalized spacial score (nSPS) is 13.1. The van der Waals surface area contributed by atoms with Crippen LogP contribution in [-0.4, -0.2) is 21.1 Å². The van der Waals surface area contributed by atoms with Gasteiger partial charge in [0, 0.05) is 49.1 Å². The molecule has 0 aliphatic carbocycles. The quantitative estimate of drug-likeness (QED) is 0.654. The van der Waals surface area contributed by atoms with E-state index in [1.165, 1.54) is 29.9 Å². The van der Waals surface area contributed by atoms with Gasteiger partial charge < -0.3 is 10.1 Å². The summed E-state index contributed by atoms with van der Waals surface area (Å²) in [5.74, 6) is 0.448. The first-order valence-electron chi connectivity index (χ1n) is 9.02. The minimum atomic E-state index is -4.56. The molecule has 3 aromatic rings. The Labute approximate surface area is 168 Å². The van der Waals surface area contributed by atoms with Gasteiger partial charge in [-0.2, -0.15) is 13.2 Å². The number of alkyl halides is 3. The average molecular weight is 420 g/mol. The number of nitrogens with zero attached hydrogens (tertiary/aromatic N) is 3. The van der Waals surface area contributed by atoms with Crippen LogP contribution in [-0.2, 0) is 26.2 Å². The Hall–Kier alpha value is -3.43. The van der Waals surface area contributed by atoms with Crippen molar-refractivity contribution >= 4 is 5.95 Å². The molecule has 1 aliphatic rings. The smallest absolute Gasteiger partial charge is 0.433 e. The summed E-state index contributed by atoms with van der Waals surface area (Å²) in [4.78, 5) is 20.2. The number of nitrogens with one attached hydrogen (secondary N) is 1. The molecule has 0 saturated heterocycles. The molecule has 3 heterocycles. The Kier molecular flexibility index (Phi) is 4.92. The monoisotopic (exact) mass is 420 g/mol. The van der Waals surface area contributed by atoms with Gasteiger partial charge >= 0.3 is 6.18 Å². The number of hydrogen-bond donors (Lipinski definition) is 1. The molecule has 0 spiro atoms. The molecule has 156 valence electrons. The van der Waals surface area contributed by atoms with Crippen molar-refractivity contribution in [2.75, 3.05) is 11.9 Å². The van der Waals surface area contributed by atoms with Crippen molar-refractivity contribution in [1.29, 1.82) is 0 Å². The summed E-state index contributed by atoms with van der Waals surface area (Å²) in [6.07, 6.45) is -1.73. The van der Waals surface area contributed by atoms with Gasteiger partial charge in [0.1, 0.15) is 17.3 Å². The number of anilines is 1. The third-order valence-electron chi connectivity index (χ3n) is 4.90. The number of aromatic nitrogens is 3. The summed E-state index contributed by atoms with van der Waals surface area (Å²) in [6.45, 7) is 0.582. The number of halogens is 4. The first-order valence-corrected chi connectivity index (χ1v) is 9.02. The summed E-state index contributed by atoms with van der Waals surface area (Å²) in [7, 11) is 1.47. The largest absolute Gasteiger partial charge is 0.493 e. The molecule has 1 aromatic carbocycles. The molecule has 2 aromatic heterocycles. The van der Waals surface area contributed by atoms with E-state index in [0.717, 1.165) is 17.8 Å². The van der Waals surface area contributed by atoms with E-state index < -0.39 is 17.4 Å². The van der Waals surface area contributed by atoms with Gasteiger partial charge in [0.05, 0.1) is 12.2 Å². The molecule has 30 heavy (non-hydrogen) atoms. The second-order valence-electron chi connectivity index (χ2n) is 6.74. The Bertz CT molecular complexity index is 1160. The van der Waals surface area contributed by atoms with Crippen molar-refractivity contribution in [3.05, 3.63) is 69.7 Å². The van der Waals surface area contributed by atoms with E-state index in [1.807, 2.05) is 0 Å². The Balaban J connectivity index is 1.59. The summed E-state index contributed by atoms with van der Waals surface area (Å²) in [5, 5.41) is 2.94. The maximum atomic E-state index is 14.3. The van der Waals surface area contributed by atoms with Crippen molar-refractivity contribution in [1.82, 2.24) is 14.5 Å². The molecule has 1 N–H and O–H groups in total. The van der Waals surface area contributed by atoms with E-state index in [4.69, 9.17) is 4.74 Å². The third kappa shape index (κ3) is 3.60. The molecule has 6 nitrogen and oxygen atoms in total. The SMILES string of the molecule is Cn1c(NCc2c(F)ccc3c2CCO3)ncc(-c2ccc(C(F)(F)F)nc2)c1=O. The highest BCUT2D eigenvalue weighted by Gasteiger charge is 2.32. The molecule has 0 unspecified atom stereocenters. The van der Waals surface area contributed by atoms with Gasteiger partial charge in [-0.3, -0.25) is 14.3 Å². The first kappa shape index (κ1) is 19.9. The molecule has 1 aliphatic heterocycles. The van der Waals surface area contributed by atoms with Crippen LogP contribution < -0.4 is 15.6 Å². The maximum Gasteiger partial charge on any atom is 0.433 e. The predicted molar refractivity (Wildman–Crippen MR) is 101 cm³/mol. The number of fused-ring (bicyclic) bond motifs is 1. The highest BCUT2D eigenvalue weighted by atomic mass is 19.4. The van der Waals surface area contributed by atoms with E-state index in [0.29, 0.717) is 24.3 Å². The van der Waals surface area contributed by atoms with E-state index in [2.05, 4.69) is 15.3 Å². The zero-order valence-electron chi connectivity index (χ0n) is 15.8. The molecule has 0 atom stereocenters. The lowest BCUT2D eigenvalue weighted by molar-refractivity contribution is -0.141. The van der Waals surface area contributed by atoms with Gasteiger partial charge in [-0.05, 0) is 18.2 Å². The summed E-state index contributed by atoms with van der Waals surface area (Å²) in [5.41, 5.74) is 0.0123. The number of ether oxygens (including phenoxy) is 1. The lowest BCUT2D eigenvalue weighted by atomic mass is 10.0. The molecule has 0 saturated carbocycles. The highest BCUT2D eigenvalue weighted by molar-refractivity contribution is 5.61. The topological polar surface area (TPSA) is 69.0 Å². The predicted octanol–water partition coefficient (Wildman–Crippen LogP) is 3.55. The van der Waals surface area contributed by atoms with Gasteiger partial charge in [-0.15, -0.1) is 0 Å². The minimum Gasteiger partial charge on any atom is -0.493 e. The van der Waals surface area contributed by atoms with Gasteiger partial charge in [0.15, 0.2) is 0 Å². The molecule has 0 bridgehead atoms. The fourth-order valence-corrected chi connectivity index (χ4v) is 3.30. The van der Waals surface area contributed by atoms with Crippen LogP contribution in [0.1, 0.15) is 16.8 Å². The molecule has 10 heteroatoms. The van der Waals surface area contributed by atoms with E-state index in [9.17, 15) is 22.4 Å². The van der Waals surface area contributed by atoms with Crippen molar-refractivity contribution in [2.24, 2.45) is 7.05 Å². The van der Waals surface area contributed by atoms with Gasteiger partial charge in [-0.1, -0.05) is 6.07 Å². The van der Waals surface area contributed by atoms with Gasteiger partial charge in [-0.25, -0.2) is 9.37 Å². The number of rotatable bonds is 4. The van der Waals surface area contributed by atoms with Crippen LogP contribution in [0, 0.1) is 5.82 Å². The zero-order chi connectivity index (χ0) is 21.5. The van der Waals surface area contributed by atoms with E-state index in [-0.39, 0.29) is 29.4 Å². The average Bonchev–Trinajstić information content (AvgIpc) is 3.18. The number of pyridine rings is 1. The molecular formula is C20H16F4N4O2. The Morgan fingerprint density at radius 3 is 2.67 bits per heavy atom. The lowest BCUT2D eigenvalue weighted by Gasteiger charge is -2.14. The maximum absolute atomic E-state index is 14.3. The molecule has 0 amide bonds. The third-order valence-corrected chi connectivity index (χ3v) is 4.90. The second-order valence-corrected chi connectivity index (χ2v) is 6.74. The van der Waals surface area contributed by atoms with Crippen LogP contribution in [0.2, 0.25) is 0 Å². The second kappa shape index (κ2) is 7.43. The van der Waals surface area contributed by atoms with Crippen LogP contribution in [0.4, 0.5) is 23.5 Å². The summed E-state index contributed by atoms with van der Waals surface area (Å²) < 4.78 is 58.9. The Morgan fingerprint density at radius 1 is 1.17 bits per heavy atom.